The quantitative estimate of drug-likeness (QED) is 0.650. The molecule has 1 unspecified atom stereocenters. The van der Waals surface area contributed by atoms with E-state index in [4.69, 9.17) is 15.2 Å². The van der Waals surface area contributed by atoms with Crippen LogP contribution >= 0.6 is 11.8 Å². The van der Waals surface area contributed by atoms with E-state index < -0.39 is 11.9 Å². The van der Waals surface area contributed by atoms with Crippen LogP contribution < -0.4 is 5.73 Å². The number of nitrogens with zero attached hydrogens (tertiary/aromatic N) is 1. The van der Waals surface area contributed by atoms with E-state index in [9.17, 15) is 10.1 Å². The summed E-state index contributed by atoms with van der Waals surface area (Å²) >= 11 is 1.62. The molecule has 0 saturated carbocycles. The Morgan fingerprint density at radius 1 is 1.38 bits per heavy atom. The highest BCUT2D eigenvalue weighted by Gasteiger charge is 2.36. The predicted molar refractivity (Wildman–Crippen MR) is 92.8 cm³/mol. The Labute approximate surface area is 146 Å². The molecular formula is C18H20N2O3S. The van der Waals surface area contributed by atoms with Crippen molar-refractivity contribution in [2.24, 2.45) is 5.73 Å². The van der Waals surface area contributed by atoms with E-state index in [1.807, 2.05) is 37.4 Å². The molecular weight excluding hydrogens is 324 g/mol. The van der Waals surface area contributed by atoms with Gasteiger partial charge in [0.25, 0.3) is 0 Å². The van der Waals surface area contributed by atoms with Gasteiger partial charge in [-0.05, 0) is 30.9 Å². The number of carbonyl (C=O) groups excluding carboxylic acids is 1. The van der Waals surface area contributed by atoms with Gasteiger partial charge in [-0.25, -0.2) is 4.79 Å². The first-order valence-corrected chi connectivity index (χ1v) is 8.91. The Morgan fingerprint density at radius 2 is 2.04 bits per heavy atom. The third-order valence-corrected chi connectivity index (χ3v) is 4.51. The van der Waals surface area contributed by atoms with Gasteiger partial charge in [-0.15, -0.1) is 11.8 Å². The van der Waals surface area contributed by atoms with Crippen molar-refractivity contribution in [1.82, 2.24) is 0 Å². The number of hydrogen-bond acceptors (Lipinski definition) is 6. The van der Waals surface area contributed by atoms with Crippen molar-refractivity contribution in [3.05, 3.63) is 52.6 Å². The minimum atomic E-state index is -0.575. The Morgan fingerprint density at radius 3 is 2.54 bits per heavy atom. The third kappa shape index (κ3) is 3.41. The van der Waals surface area contributed by atoms with Crippen molar-refractivity contribution in [3.8, 4) is 6.07 Å². The van der Waals surface area contributed by atoms with Gasteiger partial charge >= 0.3 is 5.97 Å². The van der Waals surface area contributed by atoms with Gasteiger partial charge in [-0.1, -0.05) is 19.1 Å². The van der Waals surface area contributed by atoms with Crippen LogP contribution in [0.2, 0.25) is 0 Å². The van der Waals surface area contributed by atoms with Gasteiger partial charge in [0.1, 0.15) is 17.4 Å². The summed E-state index contributed by atoms with van der Waals surface area (Å²) in [7, 11) is 0. The SMILES string of the molecule is CCOC(=O)C1=C(CC)OC(N)=C(C#N)C1c1ccc(SC)cc1. The predicted octanol–water partition coefficient (Wildman–Crippen LogP) is 3.44. The highest BCUT2D eigenvalue weighted by atomic mass is 32.2. The monoisotopic (exact) mass is 344 g/mol. The summed E-state index contributed by atoms with van der Waals surface area (Å²) in [6.07, 6.45) is 2.47. The summed E-state index contributed by atoms with van der Waals surface area (Å²) in [6.45, 7) is 3.86. The second-order valence-corrected chi connectivity index (χ2v) is 5.99. The molecule has 0 aromatic heterocycles. The average molecular weight is 344 g/mol. The van der Waals surface area contributed by atoms with Crippen molar-refractivity contribution < 1.29 is 14.3 Å². The van der Waals surface area contributed by atoms with Gasteiger partial charge in [0, 0.05) is 11.3 Å². The van der Waals surface area contributed by atoms with Crippen LogP contribution in [0.25, 0.3) is 0 Å². The Kier molecular flexibility index (Phi) is 5.93. The van der Waals surface area contributed by atoms with Gasteiger partial charge in [0.05, 0.1) is 18.1 Å². The van der Waals surface area contributed by atoms with Gasteiger partial charge in [-0.3, -0.25) is 0 Å². The maximum atomic E-state index is 12.5. The lowest BCUT2D eigenvalue weighted by Crippen LogP contribution is -2.26. The fraction of sp³-hybridized carbons (Fsp3) is 0.333. The van der Waals surface area contributed by atoms with E-state index >= 15 is 0 Å². The van der Waals surface area contributed by atoms with E-state index in [2.05, 4.69) is 6.07 Å². The molecule has 6 heteroatoms. The normalized spacial score (nSPS) is 17.3. The molecule has 2 rings (SSSR count). The maximum Gasteiger partial charge on any atom is 0.338 e. The van der Waals surface area contributed by atoms with Crippen LogP contribution in [-0.4, -0.2) is 18.8 Å². The molecule has 1 aromatic rings. The maximum absolute atomic E-state index is 12.5. The number of nitrogens with two attached hydrogens (primary N) is 1. The largest absolute Gasteiger partial charge is 0.463 e. The summed E-state index contributed by atoms with van der Waals surface area (Å²) < 4.78 is 10.7. The number of thioether (sulfide) groups is 1. The highest BCUT2D eigenvalue weighted by molar-refractivity contribution is 7.98. The first-order chi connectivity index (χ1) is 11.6. The summed E-state index contributed by atoms with van der Waals surface area (Å²) in [6, 6.07) is 9.80. The summed E-state index contributed by atoms with van der Waals surface area (Å²) in [5, 5.41) is 9.54. The molecule has 0 saturated heterocycles. The molecule has 2 N–H and O–H groups in total. The molecule has 1 aliphatic heterocycles. The zero-order valence-corrected chi connectivity index (χ0v) is 14.8. The minimum Gasteiger partial charge on any atom is -0.463 e. The molecule has 0 bridgehead atoms. The Hall–Kier alpha value is -2.39. The standard InChI is InChI=1S/C18H20N2O3S/c1-4-14-16(18(21)22-5-2)15(13(10-19)17(20)23-14)11-6-8-12(24-3)9-7-11/h6-9,15H,4-5,20H2,1-3H3. The number of rotatable bonds is 5. The van der Waals surface area contributed by atoms with E-state index in [-0.39, 0.29) is 18.1 Å². The second-order valence-electron chi connectivity index (χ2n) is 5.11. The lowest BCUT2D eigenvalue weighted by atomic mass is 9.82. The minimum absolute atomic E-state index is 0.0429. The molecule has 1 heterocycles. The van der Waals surface area contributed by atoms with Crippen LogP contribution in [0.15, 0.2) is 51.9 Å². The van der Waals surface area contributed by atoms with E-state index in [0.29, 0.717) is 17.8 Å². The van der Waals surface area contributed by atoms with Crippen LogP contribution in [0.1, 0.15) is 31.7 Å². The van der Waals surface area contributed by atoms with Crippen molar-refractivity contribution in [2.45, 2.75) is 31.1 Å². The number of hydrogen-bond donors (Lipinski definition) is 1. The summed E-state index contributed by atoms with van der Waals surface area (Å²) in [5.74, 6) is -0.563. The van der Waals surface area contributed by atoms with Crippen LogP contribution in [0.4, 0.5) is 0 Å². The van der Waals surface area contributed by atoms with Crippen molar-refractivity contribution >= 4 is 17.7 Å². The number of carbonyl (C=O) groups is 1. The van der Waals surface area contributed by atoms with Crippen LogP contribution in [-0.2, 0) is 14.3 Å². The van der Waals surface area contributed by atoms with Crippen molar-refractivity contribution in [1.29, 1.82) is 5.26 Å². The molecule has 0 fully saturated rings. The number of benzene rings is 1. The molecule has 126 valence electrons. The van der Waals surface area contributed by atoms with E-state index in [1.54, 1.807) is 18.7 Å². The van der Waals surface area contributed by atoms with Crippen molar-refractivity contribution in [3.63, 3.8) is 0 Å². The molecule has 1 aromatic carbocycles. The Balaban J connectivity index is 2.60. The first-order valence-electron chi connectivity index (χ1n) is 7.68. The van der Waals surface area contributed by atoms with Crippen LogP contribution in [0.5, 0.6) is 0 Å². The van der Waals surface area contributed by atoms with E-state index in [0.717, 1.165) is 10.5 Å². The summed E-state index contributed by atoms with van der Waals surface area (Å²) in [4.78, 5) is 13.6. The molecule has 0 spiro atoms. The fourth-order valence-corrected chi connectivity index (χ4v) is 3.05. The molecule has 1 atom stereocenters. The van der Waals surface area contributed by atoms with Gasteiger partial charge in [-0.2, -0.15) is 5.26 Å². The average Bonchev–Trinajstić information content (AvgIpc) is 2.60. The first kappa shape index (κ1) is 18.0. The zero-order valence-electron chi connectivity index (χ0n) is 14.0. The van der Waals surface area contributed by atoms with Crippen LogP contribution in [0, 0.1) is 11.3 Å². The van der Waals surface area contributed by atoms with E-state index in [1.165, 1.54) is 0 Å². The molecule has 24 heavy (non-hydrogen) atoms. The number of nitriles is 1. The van der Waals surface area contributed by atoms with Crippen LogP contribution in [0.3, 0.4) is 0 Å². The number of esters is 1. The van der Waals surface area contributed by atoms with Gasteiger partial charge in [0.2, 0.25) is 5.88 Å². The lowest BCUT2D eigenvalue weighted by molar-refractivity contribution is -0.139. The molecule has 0 aliphatic carbocycles. The number of ether oxygens (including phenoxy) is 2. The zero-order chi connectivity index (χ0) is 17.7. The highest BCUT2D eigenvalue weighted by Crippen LogP contribution is 2.40. The van der Waals surface area contributed by atoms with Gasteiger partial charge in [0.15, 0.2) is 0 Å². The molecule has 0 radical (unpaired) electrons. The summed E-state index contributed by atoms with van der Waals surface area (Å²) in [5.41, 5.74) is 7.31. The molecule has 5 nitrogen and oxygen atoms in total. The second kappa shape index (κ2) is 7.93. The number of allylic oxidation sites excluding steroid dienone is 2. The fourth-order valence-electron chi connectivity index (χ4n) is 2.64. The third-order valence-electron chi connectivity index (χ3n) is 3.76. The lowest BCUT2D eigenvalue weighted by Gasteiger charge is -2.27. The Bertz CT molecular complexity index is 730. The van der Waals surface area contributed by atoms with Crippen molar-refractivity contribution in [2.75, 3.05) is 12.9 Å². The smallest absolute Gasteiger partial charge is 0.338 e. The molecule has 0 amide bonds. The molecule has 1 aliphatic rings. The topological polar surface area (TPSA) is 85.3 Å². The van der Waals surface area contributed by atoms with Gasteiger partial charge < -0.3 is 15.2 Å².